The van der Waals surface area contributed by atoms with E-state index in [1.54, 1.807) is 17.0 Å². The van der Waals surface area contributed by atoms with E-state index >= 15 is 0 Å². The number of benzene rings is 2. The number of anilines is 2. The van der Waals surface area contributed by atoms with Crippen molar-refractivity contribution in [2.24, 2.45) is 0 Å². The van der Waals surface area contributed by atoms with Crippen LogP contribution in [0.15, 0.2) is 42.5 Å². The van der Waals surface area contributed by atoms with E-state index in [9.17, 15) is 9.18 Å². The molecule has 2 aromatic carbocycles. The quantitative estimate of drug-likeness (QED) is 0.851. The van der Waals surface area contributed by atoms with Crippen LogP contribution in [-0.4, -0.2) is 38.8 Å². The standard InChI is InChI=1S/C19H19FN2O2/c20-17-4-2-1-3-16(17)19(23)22-8-7-14-13-15(5-6-18(14)22)21-9-11-24-12-10-21/h1-6,13H,7-12H2. The first-order valence-corrected chi connectivity index (χ1v) is 8.26. The highest BCUT2D eigenvalue weighted by Crippen LogP contribution is 2.33. The highest BCUT2D eigenvalue weighted by Gasteiger charge is 2.27. The second-order valence-corrected chi connectivity index (χ2v) is 6.10. The maximum Gasteiger partial charge on any atom is 0.261 e. The van der Waals surface area contributed by atoms with Crippen molar-refractivity contribution in [3.05, 3.63) is 59.4 Å². The molecule has 0 saturated carbocycles. The summed E-state index contributed by atoms with van der Waals surface area (Å²) in [6.07, 6.45) is 0.799. The summed E-state index contributed by atoms with van der Waals surface area (Å²) in [5.74, 6) is -0.744. The van der Waals surface area contributed by atoms with Crippen LogP contribution in [0.25, 0.3) is 0 Å². The van der Waals surface area contributed by atoms with E-state index in [2.05, 4.69) is 11.0 Å². The minimum Gasteiger partial charge on any atom is -0.378 e. The minimum absolute atomic E-state index is 0.127. The molecular formula is C19H19FN2O2. The Morgan fingerprint density at radius 3 is 2.62 bits per heavy atom. The molecule has 0 spiro atoms. The number of nitrogens with zero attached hydrogens (tertiary/aromatic N) is 2. The number of hydrogen-bond donors (Lipinski definition) is 0. The fraction of sp³-hybridized carbons (Fsp3) is 0.316. The SMILES string of the molecule is O=C(c1ccccc1F)N1CCc2cc(N3CCOCC3)ccc21. The fourth-order valence-electron chi connectivity index (χ4n) is 3.40. The zero-order valence-electron chi connectivity index (χ0n) is 13.4. The third kappa shape index (κ3) is 2.65. The zero-order chi connectivity index (χ0) is 16.5. The van der Waals surface area contributed by atoms with Crippen molar-refractivity contribution < 1.29 is 13.9 Å². The van der Waals surface area contributed by atoms with Crippen molar-refractivity contribution in [1.82, 2.24) is 0 Å². The van der Waals surface area contributed by atoms with E-state index in [0.717, 1.165) is 49.7 Å². The van der Waals surface area contributed by atoms with Crippen molar-refractivity contribution in [1.29, 1.82) is 0 Å². The average Bonchev–Trinajstić information content (AvgIpc) is 3.05. The number of fused-ring (bicyclic) bond motifs is 1. The molecule has 0 unspecified atom stereocenters. The average molecular weight is 326 g/mol. The summed E-state index contributed by atoms with van der Waals surface area (Å²) in [7, 11) is 0. The van der Waals surface area contributed by atoms with E-state index in [4.69, 9.17) is 4.74 Å². The lowest BCUT2D eigenvalue weighted by Crippen LogP contribution is -2.36. The van der Waals surface area contributed by atoms with E-state index in [1.807, 2.05) is 12.1 Å². The van der Waals surface area contributed by atoms with Gasteiger partial charge in [-0.3, -0.25) is 4.79 Å². The lowest BCUT2D eigenvalue weighted by atomic mass is 10.1. The lowest BCUT2D eigenvalue weighted by Gasteiger charge is -2.29. The van der Waals surface area contributed by atoms with Crippen molar-refractivity contribution in [2.45, 2.75) is 6.42 Å². The molecule has 0 bridgehead atoms. The van der Waals surface area contributed by atoms with E-state index in [-0.39, 0.29) is 11.5 Å². The number of carbonyl (C=O) groups excluding carboxylic acids is 1. The van der Waals surface area contributed by atoms with Gasteiger partial charge in [0.05, 0.1) is 18.8 Å². The molecule has 2 aromatic rings. The fourth-order valence-corrected chi connectivity index (χ4v) is 3.40. The van der Waals surface area contributed by atoms with Crippen LogP contribution in [0.4, 0.5) is 15.8 Å². The molecular weight excluding hydrogens is 307 g/mol. The van der Waals surface area contributed by atoms with Crippen LogP contribution in [0.2, 0.25) is 0 Å². The normalized spacial score (nSPS) is 17.0. The first-order chi connectivity index (χ1) is 11.7. The molecule has 0 radical (unpaired) electrons. The number of amides is 1. The summed E-state index contributed by atoms with van der Waals surface area (Å²) in [4.78, 5) is 16.7. The Morgan fingerprint density at radius 1 is 1.04 bits per heavy atom. The zero-order valence-corrected chi connectivity index (χ0v) is 13.4. The first kappa shape index (κ1) is 15.1. The van der Waals surface area contributed by atoms with Crippen LogP contribution in [0, 0.1) is 5.82 Å². The van der Waals surface area contributed by atoms with Crippen LogP contribution >= 0.6 is 0 Å². The second-order valence-electron chi connectivity index (χ2n) is 6.10. The van der Waals surface area contributed by atoms with Gasteiger partial charge in [-0.1, -0.05) is 12.1 Å². The van der Waals surface area contributed by atoms with Gasteiger partial charge in [0, 0.05) is 31.0 Å². The van der Waals surface area contributed by atoms with Gasteiger partial charge in [0.25, 0.3) is 5.91 Å². The Kier molecular flexibility index (Phi) is 3.94. The van der Waals surface area contributed by atoms with E-state index in [1.165, 1.54) is 12.1 Å². The number of ether oxygens (including phenoxy) is 1. The molecule has 2 heterocycles. The summed E-state index contributed by atoms with van der Waals surface area (Å²) in [6, 6.07) is 12.3. The maximum absolute atomic E-state index is 13.9. The van der Waals surface area contributed by atoms with E-state index in [0.29, 0.717) is 6.54 Å². The molecule has 5 heteroatoms. The highest BCUT2D eigenvalue weighted by atomic mass is 19.1. The summed E-state index contributed by atoms with van der Waals surface area (Å²) in [5, 5.41) is 0. The summed E-state index contributed by atoms with van der Waals surface area (Å²) < 4.78 is 19.3. The van der Waals surface area contributed by atoms with E-state index < -0.39 is 5.82 Å². The maximum atomic E-state index is 13.9. The monoisotopic (exact) mass is 326 g/mol. The molecule has 124 valence electrons. The summed E-state index contributed by atoms with van der Waals surface area (Å²) in [6.45, 7) is 3.85. The smallest absolute Gasteiger partial charge is 0.261 e. The molecule has 1 fully saturated rings. The predicted molar refractivity (Wildman–Crippen MR) is 91.3 cm³/mol. The van der Waals surface area contributed by atoms with Gasteiger partial charge >= 0.3 is 0 Å². The minimum atomic E-state index is -0.471. The lowest BCUT2D eigenvalue weighted by molar-refractivity contribution is 0.0985. The molecule has 4 nitrogen and oxygen atoms in total. The van der Waals surface area contributed by atoms with Crippen LogP contribution in [-0.2, 0) is 11.2 Å². The second kappa shape index (κ2) is 6.24. The molecule has 0 aliphatic carbocycles. The largest absolute Gasteiger partial charge is 0.378 e. The molecule has 0 atom stereocenters. The van der Waals surface area contributed by atoms with Gasteiger partial charge < -0.3 is 14.5 Å². The summed E-state index contributed by atoms with van der Waals surface area (Å²) in [5.41, 5.74) is 3.32. The summed E-state index contributed by atoms with van der Waals surface area (Å²) >= 11 is 0. The van der Waals surface area contributed by atoms with Crippen LogP contribution in [0.5, 0.6) is 0 Å². The molecule has 1 saturated heterocycles. The van der Waals surface area contributed by atoms with Gasteiger partial charge in [-0.2, -0.15) is 0 Å². The highest BCUT2D eigenvalue weighted by molar-refractivity contribution is 6.07. The third-order valence-corrected chi connectivity index (χ3v) is 4.68. The molecule has 0 aromatic heterocycles. The number of morpholine rings is 1. The number of hydrogen-bond acceptors (Lipinski definition) is 3. The van der Waals surface area contributed by atoms with Crippen molar-refractivity contribution in [2.75, 3.05) is 42.6 Å². The molecule has 0 N–H and O–H groups in total. The van der Waals surface area contributed by atoms with Crippen LogP contribution in [0.3, 0.4) is 0 Å². The third-order valence-electron chi connectivity index (χ3n) is 4.68. The Morgan fingerprint density at radius 2 is 1.83 bits per heavy atom. The van der Waals surface area contributed by atoms with Gasteiger partial charge in [-0.05, 0) is 42.3 Å². The molecule has 24 heavy (non-hydrogen) atoms. The Hall–Kier alpha value is -2.40. The van der Waals surface area contributed by atoms with Gasteiger partial charge in [-0.25, -0.2) is 4.39 Å². The van der Waals surface area contributed by atoms with Crippen molar-refractivity contribution in [3.8, 4) is 0 Å². The van der Waals surface area contributed by atoms with Crippen LogP contribution in [0.1, 0.15) is 15.9 Å². The number of halogens is 1. The van der Waals surface area contributed by atoms with Gasteiger partial charge in [0.2, 0.25) is 0 Å². The number of rotatable bonds is 2. The van der Waals surface area contributed by atoms with Gasteiger partial charge in [0.15, 0.2) is 0 Å². The van der Waals surface area contributed by atoms with Crippen molar-refractivity contribution in [3.63, 3.8) is 0 Å². The molecule has 1 amide bonds. The van der Waals surface area contributed by atoms with Crippen LogP contribution < -0.4 is 9.80 Å². The Balaban J connectivity index is 1.60. The first-order valence-electron chi connectivity index (χ1n) is 8.26. The molecule has 4 rings (SSSR count). The Bertz CT molecular complexity index is 772. The predicted octanol–water partition coefficient (Wildman–Crippen LogP) is 2.87. The number of carbonyl (C=O) groups is 1. The Labute approximate surface area is 140 Å². The molecule has 2 aliphatic rings. The molecule has 2 aliphatic heterocycles. The van der Waals surface area contributed by atoms with Crippen molar-refractivity contribution >= 4 is 17.3 Å². The topological polar surface area (TPSA) is 32.8 Å². The van der Waals surface area contributed by atoms with Gasteiger partial charge in [0.1, 0.15) is 5.82 Å². The van der Waals surface area contributed by atoms with Gasteiger partial charge in [-0.15, -0.1) is 0 Å².